The summed E-state index contributed by atoms with van der Waals surface area (Å²) in [6.07, 6.45) is -4.70. The van der Waals surface area contributed by atoms with Crippen molar-refractivity contribution in [1.82, 2.24) is 0 Å². The van der Waals surface area contributed by atoms with E-state index < -0.39 is 23.5 Å². The first-order valence-corrected chi connectivity index (χ1v) is 5.81. The van der Waals surface area contributed by atoms with Crippen molar-refractivity contribution in [3.8, 4) is 0 Å². The van der Waals surface area contributed by atoms with Gasteiger partial charge < -0.3 is 11.1 Å². The summed E-state index contributed by atoms with van der Waals surface area (Å²) in [6, 6.07) is 7.85. The van der Waals surface area contributed by atoms with E-state index in [4.69, 9.17) is 5.73 Å². The topological polar surface area (TPSA) is 55.1 Å². The Labute approximate surface area is 117 Å². The first-order chi connectivity index (χ1) is 9.77. The van der Waals surface area contributed by atoms with E-state index in [2.05, 4.69) is 5.32 Å². The van der Waals surface area contributed by atoms with Gasteiger partial charge in [-0.3, -0.25) is 4.79 Å². The second-order valence-corrected chi connectivity index (χ2v) is 4.27. The van der Waals surface area contributed by atoms with Crippen molar-refractivity contribution in [2.45, 2.75) is 6.18 Å². The summed E-state index contributed by atoms with van der Waals surface area (Å²) in [5.41, 5.74) is 4.37. The molecule has 2 aromatic rings. The van der Waals surface area contributed by atoms with Gasteiger partial charge in [-0.15, -0.1) is 0 Å². The summed E-state index contributed by atoms with van der Waals surface area (Å²) in [7, 11) is 0. The number of rotatable bonds is 2. The fourth-order valence-corrected chi connectivity index (χ4v) is 1.73. The van der Waals surface area contributed by atoms with Gasteiger partial charge in [-0.2, -0.15) is 13.2 Å². The average molecular weight is 298 g/mol. The van der Waals surface area contributed by atoms with E-state index in [1.807, 2.05) is 0 Å². The van der Waals surface area contributed by atoms with E-state index in [0.717, 1.165) is 6.07 Å². The molecule has 0 atom stereocenters. The largest absolute Gasteiger partial charge is 0.416 e. The zero-order valence-electron chi connectivity index (χ0n) is 10.5. The number of nitrogen functional groups attached to an aromatic ring is 1. The Morgan fingerprint density at radius 3 is 2.38 bits per heavy atom. The smallest absolute Gasteiger partial charge is 0.398 e. The molecular formula is C14H10F4N2O. The van der Waals surface area contributed by atoms with Crippen LogP contribution in [-0.2, 0) is 6.18 Å². The van der Waals surface area contributed by atoms with Crippen molar-refractivity contribution < 1.29 is 22.4 Å². The molecule has 0 radical (unpaired) electrons. The van der Waals surface area contributed by atoms with Crippen molar-refractivity contribution >= 4 is 17.3 Å². The number of para-hydroxylation sites is 1. The summed E-state index contributed by atoms with van der Waals surface area (Å²) < 4.78 is 50.9. The molecule has 3 nitrogen and oxygen atoms in total. The van der Waals surface area contributed by atoms with Crippen LogP contribution in [0.3, 0.4) is 0 Å². The summed E-state index contributed by atoms with van der Waals surface area (Å²) >= 11 is 0. The number of nitrogens with two attached hydrogens (primary N) is 1. The lowest BCUT2D eigenvalue weighted by Crippen LogP contribution is -2.15. The van der Waals surface area contributed by atoms with Crippen molar-refractivity contribution in [2.24, 2.45) is 0 Å². The molecule has 110 valence electrons. The molecule has 0 spiro atoms. The van der Waals surface area contributed by atoms with Crippen molar-refractivity contribution in [1.29, 1.82) is 0 Å². The van der Waals surface area contributed by atoms with Gasteiger partial charge in [0.1, 0.15) is 5.82 Å². The fraction of sp³-hybridized carbons (Fsp3) is 0.0714. The van der Waals surface area contributed by atoms with Crippen LogP contribution >= 0.6 is 0 Å². The predicted molar refractivity (Wildman–Crippen MR) is 70.2 cm³/mol. The highest BCUT2D eigenvalue weighted by Gasteiger charge is 2.31. The minimum absolute atomic E-state index is 0.0929. The Morgan fingerprint density at radius 1 is 1.10 bits per heavy atom. The SMILES string of the molecule is Nc1ccccc1C(=O)Nc1cc(F)cc(C(F)(F)F)c1. The molecule has 0 aliphatic carbocycles. The maximum absolute atomic E-state index is 13.2. The summed E-state index contributed by atoms with van der Waals surface area (Å²) in [6.45, 7) is 0. The number of nitrogens with one attached hydrogen (secondary N) is 1. The van der Waals surface area contributed by atoms with Gasteiger partial charge in [0, 0.05) is 11.4 Å². The van der Waals surface area contributed by atoms with E-state index in [9.17, 15) is 22.4 Å². The van der Waals surface area contributed by atoms with Crippen LogP contribution < -0.4 is 11.1 Å². The number of anilines is 2. The average Bonchev–Trinajstić information content (AvgIpc) is 2.37. The quantitative estimate of drug-likeness (QED) is 0.656. The lowest BCUT2D eigenvalue weighted by molar-refractivity contribution is -0.137. The molecule has 0 saturated carbocycles. The minimum atomic E-state index is -4.70. The Balaban J connectivity index is 2.30. The van der Waals surface area contributed by atoms with Gasteiger partial charge in [0.25, 0.3) is 5.91 Å². The van der Waals surface area contributed by atoms with Crippen LogP contribution in [0.4, 0.5) is 28.9 Å². The normalized spacial score (nSPS) is 11.2. The molecule has 2 aromatic carbocycles. The summed E-state index contributed by atoms with van der Waals surface area (Å²) in [5.74, 6) is -1.81. The third-order valence-corrected chi connectivity index (χ3v) is 2.69. The van der Waals surface area contributed by atoms with Crippen LogP contribution in [0.5, 0.6) is 0 Å². The number of hydrogen-bond acceptors (Lipinski definition) is 2. The molecule has 3 N–H and O–H groups in total. The molecule has 0 aromatic heterocycles. The van der Waals surface area contributed by atoms with Gasteiger partial charge in [0.05, 0.1) is 11.1 Å². The van der Waals surface area contributed by atoms with Crippen LogP contribution in [-0.4, -0.2) is 5.91 Å². The van der Waals surface area contributed by atoms with E-state index in [-0.39, 0.29) is 16.9 Å². The Kier molecular flexibility index (Phi) is 3.84. The zero-order chi connectivity index (χ0) is 15.6. The highest BCUT2D eigenvalue weighted by atomic mass is 19.4. The predicted octanol–water partition coefficient (Wildman–Crippen LogP) is 3.68. The number of carbonyl (C=O) groups excluding carboxylic acids is 1. The van der Waals surface area contributed by atoms with Crippen molar-refractivity contribution in [3.63, 3.8) is 0 Å². The van der Waals surface area contributed by atoms with E-state index >= 15 is 0 Å². The summed E-state index contributed by atoms with van der Waals surface area (Å²) in [5, 5.41) is 2.19. The molecule has 0 heterocycles. The van der Waals surface area contributed by atoms with Crippen LogP contribution in [0.2, 0.25) is 0 Å². The van der Waals surface area contributed by atoms with E-state index in [1.165, 1.54) is 12.1 Å². The van der Waals surface area contributed by atoms with Crippen LogP contribution in [0.1, 0.15) is 15.9 Å². The Morgan fingerprint density at radius 2 is 1.76 bits per heavy atom. The first kappa shape index (κ1) is 14.8. The lowest BCUT2D eigenvalue weighted by Gasteiger charge is -2.11. The number of halogens is 4. The van der Waals surface area contributed by atoms with Gasteiger partial charge >= 0.3 is 6.18 Å². The number of alkyl halides is 3. The minimum Gasteiger partial charge on any atom is -0.398 e. The lowest BCUT2D eigenvalue weighted by atomic mass is 10.1. The van der Waals surface area contributed by atoms with Gasteiger partial charge in [-0.05, 0) is 30.3 Å². The molecule has 0 bridgehead atoms. The third kappa shape index (κ3) is 3.50. The Bertz CT molecular complexity index is 683. The van der Waals surface area contributed by atoms with E-state index in [0.29, 0.717) is 12.1 Å². The van der Waals surface area contributed by atoms with Gasteiger partial charge in [-0.1, -0.05) is 12.1 Å². The fourth-order valence-electron chi connectivity index (χ4n) is 1.73. The van der Waals surface area contributed by atoms with E-state index in [1.54, 1.807) is 12.1 Å². The monoisotopic (exact) mass is 298 g/mol. The molecule has 0 fully saturated rings. The number of benzene rings is 2. The van der Waals surface area contributed by atoms with Crippen LogP contribution in [0, 0.1) is 5.82 Å². The van der Waals surface area contributed by atoms with Crippen molar-refractivity contribution in [2.75, 3.05) is 11.1 Å². The maximum atomic E-state index is 13.2. The van der Waals surface area contributed by atoms with Gasteiger partial charge in [-0.25, -0.2) is 4.39 Å². The Hall–Kier alpha value is -2.57. The maximum Gasteiger partial charge on any atom is 0.416 e. The first-order valence-electron chi connectivity index (χ1n) is 5.81. The third-order valence-electron chi connectivity index (χ3n) is 2.69. The van der Waals surface area contributed by atoms with Crippen LogP contribution in [0.25, 0.3) is 0 Å². The highest BCUT2D eigenvalue weighted by Crippen LogP contribution is 2.31. The molecule has 0 saturated heterocycles. The molecule has 21 heavy (non-hydrogen) atoms. The molecule has 2 rings (SSSR count). The number of amides is 1. The molecule has 0 aliphatic rings. The number of hydrogen-bond donors (Lipinski definition) is 2. The molecule has 0 unspecified atom stereocenters. The van der Waals surface area contributed by atoms with Gasteiger partial charge in [0.15, 0.2) is 0 Å². The second-order valence-electron chi connectivity index (χ2n) is 4.27. The second kappa shape index (κ2) is 5.43. The zero-order valence-corrected chi connectivity index (χ0v) is 10.5. The molecular weight excluding hydrogens is 288 g/mol. The highest BCUT2D eigenvalue weighted by molar-refractivity contribution is 6.07. The molecule has 7 heteroatoms. The standard InChI is InChI=1S/C14H10F4N2O/c15-9-5-8(14(16,17)18)6-10(7-9)20-13(21)11-3-1-2-4-12(11)19/h1-7H,19H2,(H,20,21). The molecule has 0 aliphatic heterocycles. The van der Waals surface area contributed by atoms with Crippen LogP contribution in [0.15, 0.2) is 42.5 Å². The summed E-state index contributed by atoms with van der Waals surface area (Å²) in [4.78, 5) is 11.9. The van der Waals surface area contributed by atoms with Crippen molar-refractivity contribution in [3.05, 3.63) is 59.4 Å². The molecule has 1 amide bonds. The van der Waals surface area contributed by atoms with Gasteiger partial charge in [0.2, 0.25) is 0 Å². The number of carbonyl (C=O) groups is 1.